The number of amides is 1. The maximum Gasteiger partial charge on any atom is 0.227 e. The molecule has 2 rings (SSSR count). The van der Waals surface area contributed by atoms with Gasteiger partial charge < -0.3 is 5.32 Å². The summed E-state index contributed by atoms with van der Waals surface area (Å²) in [6.45, 7) is 13.9. The third-order valence-electron chi connectivity index (χ3n) is 5.64. The molecule has 0 aliphatic heterocycles. The van der Waals surface area contributed by atoms with Crippen molar-refractivity contribution in [1.29, 1.82) is 0 Å². The Bertz CT molecular complexity index is 543. The largest absolute Gasteiger partial charge is 0.326 e. The fraction of sp³-hybridized carbons (Fsp3) is 0.667. The van der Waals surface area contributed by atoms with Crippen LogP contribution in [0.1, 0.15) is 60.8 Å². The number of anilines is 1. The molecule has 24 heavy (non-hydrogen) atoms. The zero-order valence-electron chi connectivity index (χ0n) is 15.9. The first-order valence-corrected chi connectivity index (χ1v) is 9.82. The molecular weight excluding hydrogens is 362 g/mol. The second-order valence-electron chi connectivity index (χ2n) is 9.53. The van der Waals surface area contributed by atoms with Crippen molar-refractivity contribution in [1.82, 2.24) is 0 Å². The third-order valence-corrected chi connectivity index (χ3v) is 6.17. The number of halogens is 1. The fourth-order valence-corrected chi connectivity index (χ4v) is 3.99. The minimum absolute atomic E-state index is 0.107. The van der Waals surface area contributed by atoms with Crippen LogP contribution >= 0.6 is 15.9 Å². The lowest BCUT2D eigenvalue weighted by Gasteiger charge is -2.45. The Morgan fingerprint density at radius 2 is 1.38 bits per heavy atom. The Labute approximate surface area is 155 Å². The van der Waals surface area contributed by atoms with E-state index >= 15 is 0 Å². The van der Waals surface area contributed by atoms with Gasteiger partial charge in [0.1, 0.15) is 0 Å². The monoisotopic (exact) mass is 393 g/mol. The van der Waals surface area contributed by atoms with Crippen molar-refractivity contribution in [3.63, 3.8) is 0 Å². The molecular formula is C21H32BrNO. The van der Waals surface area contributed by atoms with Crippen molar-refractivity contribution in [2.45, 2.75) is 60.8 Å². The minimum Gasteiger partial charge on any atom is -0.326 e. The second-order valence-corrected chi connectivity index (χ2v) is 10.4. The van der Waals surface area contributed by atoms with Gasteiger partial charge in [0.2, 0.25) is 5.91 Å². The number of benzene rings is 1. The molecule has 1 aromatic carbocycles. The van der Waals surface area contributed by atoms with E-state index in [2.05, 4.69) is 62.8 Å². The zero-order valence-corrected chi connectivity index (χ0v) is 17.5. The van der Waals surface area contributed by atoms with E-state index in [0.717, 1.165) is 23.0 Å². The van der Waals surface area contributed by atoms with E-state index in [-0.39, 0.29) is 22.7 Å². The SMILES string of the molecule is CC(C)(C)[C@@H]1CC(C(=O)Nc2ccc(Br)cc2)C[C@H](C(C)(C)C)C1. The normalized spacial score (nSPS) is 25.4. The predicted molar refractivity (Wildman–Crippen MR) is 106 cm³/mol. The molecule has 1 amide bonds. The van der Waals surface area contributed by atoms with Crippen molar-refractivity contribution in [3.05, 3.63) is 28.7 Å². The first-order valence-electron chi connectivity index (χ1n) is 9.03. The van der Waals surface area contributed by atoms with E-state index in [9.17, 15) is 4.79 Å². The highest BCUT2D eigenvalue weighted by Crippen LogP contribution is 2.48. The van der Waals surface area contributed by atoms with Crippen LogP contribution in [0.5, 0.6) is 0 Å². The summed E-state index contributed by atoms with van der Waals surface area (Å²) in [7, 11) is 0. The molecule has 3 heteroatoms. The molecule has 1 fully saturated rings. The molecule has 0 heterocycles. The minimum atomic E-state index is 0.107. The van der Waals surface area contributed by atoms with E-state index in [1.165, 1.54) is 6.42 Å². The topological polar surface area (TPSA) is 29.1 Å². The Hall–Kier alpha value is -0.830. The molecule has 1 aromatic rings. The fourth-order valence-electron chi connectivity index (χ4n) is 3.72. The van der Waals surface area contributed by atoms with Crippen LogP contribution in [-0.4, -0.2) is 5.91 Å². The summed E-state index contributed by atoms with van der Waals surface area (Å²) >= 11 is 3.43. The van der Waals surface area contributed by atoms with Gasteiger partial charge >= 0.3 is 0 Å². The Morgan fingerprint density at radius 1 is 0.917 bits per heavy atom. The second kappa shape index (κ2) is 7.19. The van der Waals surface area contributed by atoms with Crippen molar-refractivity contribution in [2.24, 2.45) is 28.6 Å². The molecule has 0 spiro atoms. The highest BCUT2D eigenvalue weighted by atomic mass is 79.9. The number of rotatable bonds is 2. The van der Waals surface area contributed by atoms with Crippen molar-refractivity contribution >= 4 is 27.5 Å². The van der Waals surface area contributed by atoms with Crippen molar-refractivity contribution < 1.29 is 4.79 Å². The van der Waals surface area contributed by atoms with Gasteiger partial charge in [-0.1, -0.05) is 57.5 Å². The summed E-state index contributed by atoms with van der Waals surface area (Å²) in [4.78, 5) is 12.9. The average molecular weight is 394 g/mol. The number of carbonyl (C=O) groups excluding carboxylic acids is 1. The molecule has 1 saturated carbocycles. The molecule has 1 unspecified atom stereocenters. The number of hydrogen-bond acceptors (Lipinski definition) is 1. The van der Waals surface area contributed by atoms with Crippen LogP contribution in [0.2, 0.25) is 0 Å². The standard InChI is InChI=1S/C21H32BrNO/c1-20(2,3)15-11-14(12-16(13-15)21(4,5)6)19(24)23-18-9-7-17(22)8-10-18/h7-10,14-16H,11-13H2,1-6H3,(H,23,24)/t14?,15-,16+. The van der Waals surface area contributed by atoms with Crippen LogP contribution in [0.4, 0.5) is 5.69 Å². The lowest BCUT2D eigenvalue weighted by Crippen LogP contribution is -2.40. The van der Waals surface area contributed by atoms with Crippen LogP contribution in [0.15, 0.2) is 28.7 Å². The highest BCUT2D eigenvalue weighted by molar-refractivity contribution is 9.10. The molecule has 0 radical (unpaired) electrons. The predicted octanol–water partition coefficient (Wildman–Crippen LogP) is 6.51. The first-order chi connectivity index (χ1) is 11.0. The zero-order chi connectivity index (χ0) is 18.1. The summed E-state index contributed by atoms with van der Waals surface area (Å²) in [5, 5.41) is 3.12. The van der Waals surface area contributed by atoms with Crippen LogP contribution < -0.4 is 5.32 Å². The molecule has 0 bridgehead atoms. The molecule has 1 aliphatic carbocycles. The molecule has 1 aliphatic rings. The van der Waals surface area contributed by atoms with Crippen LogP contribution in [0.3, 0.4) is 0 Å². The summed E-state index contributed by atoms with van der Waals surface area (Å²) in [6, 6.07) is 7.83. The number of hydrogen-bond donors (Lipinski definition) is 1. The van der Waals surface area contributed by atoms with Gasteiger partial charge in [-0.05, 0) is 66.2 Å². The van der Waals surface area contributed by atoms with Gasteiger partial charge in [0.05, 0.1) is 0 Å². The highest BCUT2D eigenvalue weighted by Gasteiger charge is 2.41. The lowest BCUT2D eigenvalue weighted by atomic mass is 9.60. The average Bonchev–Trinajstić information content (AvgIpc) is 2.47. The van der Waals surface area contributed by atoms with Gasteiger partial charge in [-0.25, -0.2) is 0 Å². The van der Waals surface area contributed by atoms with Gasteiger partial charge in [-0.3, -0.25) is 4.79 Å². The number of nitrogens with one attached hydrogen (secondary N) is 1. The van der Waals surface area contributed by atoms with E-state index < -0.39 is 0 Å². The van der Waals surface area contributed by atoms with E-state index in [1.54, 1.807) is 0 Å². The van der Waals surface area contributed by atoms with Gasteiger partial charge in [-0.15, -0.1) is 0 Å². The Balaban J connectivity index is 2.14. The van der Waals surface area contributed by atoms with Crippen molar-refractivity contribution in [2.75, 3.05) is 5.32 Å². The molecule has 2 nitrogen and oxygen atoms in total. The van der Waals surface area contributed by atoms with E-state index in [4.69, 9.17) is 0 Å². The van der Waals surface area contributed by atoms with Crippen LogP contribution in [0, 0.1) is 28.6 Å². The quantitative estimate of drug-likeness (QED) is 0.608. The molecule has 0 saturated heterocycles. The van der Waals surface area contributed by atoms with Gasteiger partial charge in [-0.2, -0.15) is 0 Å². The Morgan fingerprint density at radius 3 is 1.79 bits per heavy atom. The maximum absolute atomic E-state index is 12.9. The van der Waals surface area contributed by atoms with Crippen LogP contribution in [-0.2, 0) is 4.79 Å². The van der Waals surface area contributed by atoms with Gasteiger partial charge in [0, 0.05) is 16.1 Å². The Kier molecular flexibility index (Phi) is 5.84. The lowest BCUT2D eigenvalue weighted by molar-refractivity contribution is -0.123. The van der Waals surface area contributed by atoms with Crippen molar-refractivity contribution in [3.8, 4) is 0 Å². The first kappa shape index (κ1) is 19.5. The van der Waals surface area contributed by atoms with E-state index in [0.29, 0.717) is 11.8 Å². The number of carbonyl (C=O) groups is 1. The summed E-state index contributed by atoms with van der Waals surface area (Å²) in [5.41, 5.74) is 1.38. The molecule has 3 atom stereocenters. The molecule has 0 aromatic heterocycles. The van der Waals surface area contributed by atoms with Gasteiger partial charge in [0.15, 0.2) is 0 Å². The third kappa shape index (κ3) is 5.08. The smallest absolute Gasteiger partial charge is 0.227 e. The summed E-state index contributed by atoms with van der Waals surface area (Å²) in [5.74, 6) is 1.48. The summed E-state index contributed by atoms with van der Waals surface area (Å²) in [6.07, 6.45) is 3.23. The van der Waals surface area contributed by atoms with Gasteiger partial charge in [0.25, 0.3) is 0 Å². The maximum atomic E-state index is 12.9. The molecule has 134 valence electrons. The molecule has 1 N–H and O–H groups in total. The summed E-state index contributed by atoms with van der Waals surface area (Å²) < 4.78 is 1.03. The van der Waals surface area contributed by atoms with E-state index in [1.807, 2.05) is 24.3 Å². The van der Waals surface area contributed by atoms with Crippen LogP contribution in [0.25, 0.3) is 0 Å².